The van der Waals surface area contributed by atoms with Crippen LogP contribution in [0.4, 0.5) is 0 Å². The molecule has 0 aromatic carbocycles. The van der Waals surface area contributed by atoms with Gasteiger partial charge in [-0.2, -0.15) is 8.42 Å². The number of hydrogen-bond donors (Lipinski definition) is 2. The van der Waals surface area contributed by atoms with Crippen molar-refractivity contribution in [3.63, 3.8) is 0 Å². The normalized spacial score (nSPS) is 48.2. The Labute approximate surface area is 167 Å². The fourth-order valence-corrected chi connectivity index (χ4v) is 8.14. The predicted molar refractivity (Wildman–Crippen MR) is 104 cm³/mol. The lowest BCUT2D eigenvalue weighted by Crippen LogP contribution is -2.54. The highest BCUT2D eigenvalue weighted by Crippen LogP contribution is 2.66. The number of aliphatic hydroxyl groups is 1. The topological polar surface area (TPSA) is 101 Å². The Kier molecular flexibility index (Phi) is 4.85. The third kappa shape index (κ3) is 3.01. The molecule has 28 heavy (non-hydrogen) atoms. The largest absolute Gasteiger partial charge is 0.397 e. The van der Waals surface area contributed by atoms with Crippen LogP contribution in [0.3, 0.4) is 0 Å². The van der Waals surface area contributed by atoms with E-state index in [1.807, 2.05) is 0 Å². The highest BCUT2D eigenvalue weighted by molar-refractivity contribution is 7.80. The molecule has 2 N–H and O–H groups in total. The Morgan fingerprint density at radius 3 is 2.50 bits per heavy atom. The van der Waals surface area contributed by atoms with Crippen LogP contribution < -0.4 is 0 Å². The van der Waals surface area contributed by atoms with Crippen LogP contribution in [0.5, 0.6) is 0 Å². The lowest BCUT2D eigenvalue weighted by atomic mass is 9.47. The molecule has 158 valence electrons. The molecule has 4 aliphatic rings. The van der Waals surface area contributed by atoms with Gasteiger partial charge in [-0.15, -0.1) is 0 Å². The molecule has 8 atom stereocenters. The van der Waals surface area contributed by atoms with Crippen LogP contribution in [0, 0.1) is 34.5 Å². The van der Waals surface area contributed by atoms with Crippen LogP contribution in [0.25, 0.3) is 0 Å². The van der Waals surface area contributed by atoms with E-state index < -0.39 is 22.6 Å². The van der Waals surface area contributed by atoms with E-state index in [2.05, 4.69) is 19.9 Å². The predicted octanol–water partition coefficient (Wildman–Crippen LogP) is 3.31. The molecule has 3 fully saturated rings. The molecule has 0 aromatic rings. The van der Waals surface area contributed by atoms with E-state index in [1.54, 1.807) is 6.92 Å². The van der Waals surface area contributed by atoms with Crippen molar-refractivity contribution < 1.29 is 27.1 Å². The monoisotopic (exact) mass is 412 g/mol. The first-order chi connectivity index (χ1) is 13.0. The second-order valence-electron chi connectivity index (χ2n) is 10.0. The molecule has 0 aromatic heterocycles. The maximum Gasteiger partial charge on any atom is 0.397 e. The quantitative estimate of drug-likeness (QED) is 0.545. The molecule has 0 radical (unpaired) electrons. The first kappa shape index (κ1) is 20.5. The Balaban J connectivity index is 1.62. The number of hydrogen-bond acceptors (Lipinski definition) is 5. The van der Waals surface area contributed by atoms with Gasteiger partial charge >= 0.3 is 10.4 Å². The number of fused-ring (bicyclic) bond motifs is 5. The molecule has 6 unspecified atom stereocenters. The minimum absolute atomic E-state index is 0.0819. The number of Topliss-reactive ketones (excluding diaryl/α,β-unsaturated/α-hetero) is 1. The number of rotatable bonds is 3. The van der Waals surface area contributed by atoms with Crippen LogP contribution in [0.15, 0.2) is 11.6 Å². The third-order valence-corrected chi connectivity index (χ3v) is 9.37. The Morgan fingerprint density at radius 2 is 1.86 bits per heavy atom. The summed E-state index contributed by atoms with van der Waals surface area (Å²) in [6.07, 6.45) is 6.30. The van der Waals surface area contributed by atoms with Crippen LogP contribution in [-0.2, 0) is 19.4 Å². The second-order valence-corrected chi connectivity index (χ2v) is 11.1. The molecular formula is C21H32O6S. The highest BCUT2D eigenvalue weighted by atomic mass is 32.3. The zero-order valence-corrected chi connectivity index (χ0v) is 17.7. The summed E-state index contributed by atoms with van der Waals surface area (Å²) in [5, 5.41) is 10.8. The van der Waals surface area contributed by atoms with Gasteiger partial charge < -0.3 is 5.11 Å². The van der Waals surface area contributed by atoms with Crippen molar-refractivity contribution in [2.24, 2.45) is 34.5 Å². The van der Waals surface area contributed by atoms with E-state index in [1.165, 1.54) is 0 Å². The van der Waals surface area contributed by atoms with Gasteiger partial charge in [0.2, 0.25) is 0 Å². The van der Waals surface area contributed by atoms with Crippen molar-refractivity contribution in [3.8, 4) is 0 Å². The summed E-state index contributed by atoms with van der Waals surface area (Å²) < 4.78 is 36.0. The lowest BCUT2D eigenvalue weighted by Gasteiger charge is -2.58. The average Bonchev–Trinajstić information content (AvgIpc) is 2.94. The molecule has 0 spiro atoms. The first-order valence-corrected chi connectivity index (χ1v) is 11.9. The van der Waals surface area contributed by atoms with Gasteiger partial charge in [0, 0.05) is 5.92 Å². The van der Waals surface area contributed by atoms with Gasteiger partial charge in [0.05, 0.1) is 0 Å². The number of allylic oxidation sites excluding steroid dienone is 1. The van der Waals surface area contributed by atoms with Crippen molar-refractivity contribution in [2.75, 3.05) is 0 Å². The average molecular weight is 413 g/mol. The van der Waals surface area contributed by atoms with Crippen molar-refractivity contribution in [1.82, 2.24) is 0 Å². The van der Waals surface area contributed by atoms with Gasteiger partial charge in [0.1, 0.15) is 18.0 Å². The van der Waals surface area contributed by atoms with Gasteiger partial charge in [-0.3, -0.25) is 9.35 Å². The molecule has 0 saturated heterocycles. The van der Waals surface area contributed by atoms with E-state index >= 15 is 0 Å². The van der Waals surface area contributed by atoms with E-state index in [4.69, 9.17) is 8.74 Å². The SMILES string of the molecule is CC(=O)C1CCC2C3CC=C4[C@@H](O)[C@@H](OS(=O)(=O)O)CCC4(C)C3CCC12C. The van der Waals surface area contributed by atoms with Gasteiger partial charge in [-0.1, -0.05) is 19.9 Å². The first-order valence-electron chi connectivity index (χ1n) is 10.5. The van der Waals surface area contributed by atoms with Crippen LogP contribution in [0.2, 0.25) is 0 Å². The highest BCUT2D eigenvalue weighted by Gasteiger charge is 2.60. The smallest absolute Gasteiger partial charge is 0.386 e. The third-order valence-electron chi connectivity index (χ3n) is 8.88. The molecule has 3 saturated carbocycles. The molecule has 4 aliphatic carbocycles. The van der Waals surface area contributed by atoms with Gasteiger partial charge in [0.25, 0.3) is 0 Å². The van der Waals surface area contributed by atoms with Crippen molar-refractivity contribution in [2.45, 2.75) is 77.9 Å². The van der Waals surface area contributed by atoms with Gasteiger partial charge in [-0.25, -0.2) is 4.18 Å². The van der Waals surface area contributed by atoms with Crippen molar-refractivity contribution in [1.29, 1.82) is 0 Å². The maximum absolute atomic E-state index is 12.2. The standard InChI is InChI=1S/C21H32O6S/c1-12(22)14-6-7-15-13-4-5-17-19(23)18(27-28(24,25)26)9-11-21(17,3)16(13)8-10-20(14,15)2/h5,13-16,18-19,23H,4,6-11H2,1-3H3,(H,24,25,26)/t13?,14?,15?,16?,18-,19+,20?,21?/m0/s1. The second kappa shape index (κ2) is 6.62. The van der Waals surface area contributed by atoms with E-state index in [-0.39, 0.29) is 16.7 Å². The molecular weight excluding hydrogens is 380 g/mol. The molecule has 0 aliphatic heterocycles. The minimum atomic E-state index is -4.59. The Hall–Kier alpha value is -0.760. The maximum atomic E-state index is 12.2. The number of aliphatic hydroxyl groups excluding tert-OH is 1. The summed E-state index contributed by atoms with van der Waals surface area (Å²) in [5.41, 5.74) is 0.772. The number of ketones is 1. The fraction of sp³-hybridized carbons (Fsp3) is 0.857. The Bertz CT molecular complexity index is 804. The van der Waals surface area contributed by atoms with Crippen molar-refractivity contribution in [3.05, 3.63) is 11.6 Å². The molecule has 7 heteroatoms. The zero-order valence-electron chi connectivity index (χ0n) is 16.9. The fourth-order valence-electron chi connectivity index (χ4n) is 7.63. The summed E-state index contributed by atoms with van der Waals surface area (Å²) in [5.74, 6) is 1.94. The van der Waals surface area contributed by atoms with E-state index in [0.29, 0.717) is 30.0 Å². The van der Waals surface area contributed by atoms with Crippen molar-refractivity contribution >= 4 is 16.2 Å². The lowest BCUT2D eigenvalue weighted by molar-refractivity contribution is -0.128. The number of carbonyl (C=O) groups is 1. The zero-order chi connectivity index (χ0) is 20.5. The molecule has 0 heterocycles. The minimum Gasteiger partial charge on any atom is -0.386 e. The molecule has 4 rings (SSSR count). The molecule has 0 amide bonds. The van der Waals surface area contributed by atoms with E-state index in [9.17, 15) is 18.3 Å². The Morgan fingerprint density at radius 1 is 1.14 bits per heavy atom. The van der Waals surface area contributed by atoms with Crippen LogP contribution in [0.1, 0.15) is 65.7 Å². The van der Waals surface area contributed by atoms with Gasteiger partial charge in [-0.05, 0) is 86.0 Å². The summed E-state index contributed by atoms with van der Waals surface area (Å²) in [4.78, 5) is 12.2. The summed E-state index contributed by atoms with van der Waals surface area (Å²) in [7, 11) is -4.59. The summed E-state index contributed by atoms with van der Waals surface area (Å²) in [6, 6.07) is 0. The summed E-state index contributed by atoms with van der Waals surface area (Å²) >= 11 is 0. The van der Waals surface area contributed by atoms with Gasteiger partial charge in [0.15, 0.2) is 0 Å². The van der Waals surface area contributed by atoms with Crippen LogP contribution in [-0.4, -0.2) is 36.1 Å². The summed E-state index contributed by atoms with van der Waals surface area (Å²) in [6.45, 7) is 6.24. The number of carbonyl (C=O) groups excluding carboxylic acids is 1. The molecule has 6 nitrogen and oxygen atoms in total. The van der Waals surface area contributed by atoms with E-state index in [0.717, 1.165) is 44.1 Å². The van der Waals surface area contributed by atoms with Crippen LogP contribution >= 0.6 is 0 Å². The molecule has 0 bridgehead atoms.